The summed E-state index contributed by atoms with van der Waals surface area (Å²) in [4.78, 5) is 4.57. The lowest BCUT2D eigenvalue weighted by Crippen LogP contribution is -2.19. The molecule has 0 saturated carbocycles. The van der Waals surface area contributed by atoms with E-state index in [0.717, 1.165) is 23.0 Å². The summed E-state index contributed by atoms with van der Waals surface area (Å²) in [5.74, 6) is 0. The van der Waals surface area contributed by atoms with Gasteiger partial charge in [-0.3, -0.25) is 4.98 Å². The van der Waals surface area contributed by atoms with Gasteiger partial charge >= 0.3 is 0 Å². The molecule has 0 saturated heterocycles. The summed E-state index contributed by atoms with van der Waals surface area (Å²) in [6.45, 7) is 2.10. The summed E-state index contributed by atoms with van der Waals surface area (Å²) in [5.41, 5.74) is 5.00. The minimum atomic E-state index is 0.323. The Bertz CT molecular complexity index is 595. The number of halogens is 1. The van der Waals surface area contributed by atoms with Crippen LogP contribution < -0.4 is 5.32 Å². The second kappa shape index (κ2) is 5.33. The van der Waals surface area contributed by atoms with Crippen molar-refractivity contribution in [2.24, 2.45) is 0 Å². The first kappa shape index (κ1) is 12.7. The maximum absolute atomic E-state index is 4.57. The van der Waals surface area contributed by atoms with Gasteiger partial charge in [0.15, 0.2) is 0 Å². The van der Waals surface area contributed by atoms with Crippen molar-refractivity contribution in [3.63, 3.8) is 0 Å². The SMILES string of the molecule is Cc1ccc(NC2CCCc3cccnc32)c(Br)c1. The zero-order valence-electron chi connectivity index (χ0n) is 11.0. The number of hydrogen-bond donors (Lipinski definition) is 1. The third-order valence-corrected chi connectivity index (χ3v) is 4.31. The largest absolute Gasteiger partial charge is 0.376 e. The lowest BCUT2D eigenvalue weighted by molar-refractivity contribution is 0.583. The van der Waals surface area contributed by atoms with Gasteiger partial charge in [-0.05, 0) is 71.4 Å². The molecule has 1 atom stereocenters. The van der Waals surface area contributed by atoms with Crippen LogP contribution in [-0.2, 0) is 6.42 Å². The lowest BCUT2D eigenvalue weighted by Gasteiger charge is -2.26. The molecule has 0 spiro atoms. The highest BCUT2D eigenvalue weighted by Crippen LogP contribution is 2.33. The number of aryl methyl sites for hydroxylation is 2. The molecule has 1 aliphatic carbocycles. The molecule has 2 aromatic rings. The highest BCUT2D eigenvalue weighted by molar-refractivity contribution is 9.10. The molecule has 1 aromatic heterocycles. The van der Waals surface area contributed by atoms with E-state index in [1.54, 1.807) is 0 Å². The summed E-state index contributed by atoms with van der Waals surface area (Å²) in [5, 5.41) is 3.62. The van der Waals surface area contributed by atoms with Crippen molar-refractivity contribution in [3.8, 4) is 0 Å². The normalized spacial score (nSPS) is 17.9. The van der Waals surface area contributed by atoms with E-state index in [1.807, 2.05) is 12.3 Å². The summed E-state index contributed by atoms with van der Waals surface area (Å²) in [6, 6.07) is 11.0. The predicted molar refractivity (Wildman–Crippen MR) is 82.4 cm³/mol. The number of fused-ring (bicyclic) bond motifs is 1. The number of rotatable bonds is 2. The topological polar surface area (TPSA) is 24.9 Å². The Kier molecular flexibility index (Phi) is 3.56. The third-order valence-electron chi connectivity index (χ3n) is 3.65. The Labute approximate surface area is 122 Å². The molecule has 19 heavy (non-hydrogen) atoms. The average molecular weight is 317 g/mol. The number of benzene rings is 1. The molecule has 0 aliphatic heterocycles. The van der Waals surface area contributed by atoms with Crippen molar-refractivity contribution in [3.05, 3.63) is 57.8 Å². The van der Waals surface area contributed by atoms with Gasteiger partial charge in [-0.2, -0.15) is 0 Å². The van der Waals surface area contributed by atoms with E-state index < -0.39 is 0 Å². The first-order chi connectivity index (χ1) is 9.24. The average Bonchev–Trinajstić information content (AvgIpc) is 2.42. The van der Waals surface area contributed by atoms with Crippen LogP contribution in [0.1, 0.15) is 35.7 Å². The van der Waals surface area contributed by atoms with Gasteiger partial charge in [0.05, 0.1) is 11.7 Å². The van der Waals surface area contributed by atoms with Crippen molar-refractivity contribution in [1.82, 2.24) is 4.98 Å². The van der Waals surface area contributed by atoms with Gasteiger partial charge < -0.3 is 5.32 Å². The van der Waals surface area contributed by atoms with E-state index in [9.17, 15) is 0 Å². The Hall–Kier alpha value is -1.35. The van der Waals surface area contributed by atoms with Gasteiger partial charge in [-0.15, -0.1) is 0 Å². The highest BCUT2D eigenvalue weighted by atomic mass is 79.9. The quantitative estimate of drug-likeness (QED) is 0.872. The smallest absolute Gasteiger partial charge is 0.0688 e. The first-order valence-electron chi connectivity index (χ1n) is 6.70. The van der Waals surface area contributed by atoms with Crippen molar-refractivity contribution in [2.75, 3.05) is 5.32 Å². The van der Waals surface area contributed by atoms with Crippen molar-refractivity contribution < 1.29 is 0 Å². The Morgan fingerprint density at radius 1 is 1.32 bits per heavy atom. The standard InChI is InChI=1S/C16H17BrN2/c1-11-7-8-14(13(17)10-11)19-15-6-2-4-12-5-3-9-18-16(12)15/h3,5,7-10,15,19H,2,4,6H2,1H3. The van der Waals surface area contributed by atoms with Crippen molar-refractivity contribution >= 4 is 21.6 Å². The van der Waals surface area contributed by atoms with Crippen LogP contribution in [0.5, 0.6) is 0 Å². The minimum absolute atomic E-state index is 0.323. The molecule has 2 nitrogen and oxygen atoms in total. The maximum atomic E-state index is 4.57. The zero-order valence-corrected chi connectivity index (χ0v) is 12.6. The molecule has 3 heteroatoms. The van der Waals surface area contributed by atoms with E-state index >= 15 is 0 Å². The van der Waals surface area contributed by atoms with Gasteiger partial charge in [0.1, 0.15) is 0 Å². The van der Waals surface area contributed by atoms with Gasteiger partial charge in [-0.1, -0.05) is 12.1 Å². The number of nitrogens with zero attached hydrogens (tertiary/aromatic N) is 1. The molecular formula is C16H17BrN2. The number of hydrogen-bond acceptors (Lipinski definition) is 2. The molecule has 1 aliphatic rings. The van der Waals surface area contributed by atoms with E-state index in [-0.39, 0.29) is 0 Å². The minimum Gasteiger partial charge on any atom is -0.376 e. The van der Waals surface area contributed by atoms with Crippen LogP contribution in [0.3, 0.4) is 0 Å². The van der Waals surface area contributed by atoms with Crippen LogP contribution in [0.4, 0.5) is 5.69 Å². The number of anilines is 1. The number of pyridine rings is 1. The third kappa shape index (κ3) is 2.66. The molecule has 3 rings (SSSR count). The fourth-order valence-corrected chi connectivity index (χ4v) is 3.28. The van der Waals surface area contributed by atoms with Gasteiger partial charge in [0, 0.05) is 16.4 Å². The van der Waals surface area contributed by atoms with Crippen LogP contribution >= 0.6 is 15.9 Å². The molecule has 0 radical (unpaired) electrons. The molecule has 1 aromatic carbocycles. The van der Waals surface area contributed by atoms with Crippen LogP contribution in [0.25, 0.3) is 0 Å². The lowest BCUT2D eigenvalue weighted by atomic mass is 9.92. The van der Waals surface area contributed by atoms with Crippen LogP contribution in [-0.4, -0.2) is 4.98 Å². The number of nitrogens with one attached hydrogen (secondary N) is 1. The molecule has 0 fully saturated rings. The second-order valence-corrected chi connectivity index (χ2v) is 5.97. The number of aromatic nitrogens is 1. The zero-order chi connectivity index (χ0) is 13.2. The van der Waals surface area contributed by atoms with E-state index in [4.69, 9.17) is 0 Å². The van der Waals surface area contributed by atoms with Gasteiger partial charge in [0.2, 0.25) is 0 Å². The second-order valence-electron chi connectivity index (χ2n) is 5.12. The Balaban J connectivity index is 1.88. The van der Waals surface area contributed by atoms with Crippen LogP contribution in [0.15, 0.2) is 41.0 Å². The van der Waals surface area contributed by atoms with Gasteiger partial charge in [-0.25, -0.2) is 0 Å². The Morgan fingerprint density at radius 3 is 3.05 bits per heavy atom. The summed E-state index contributed by atoms with van der Waals surface area (Å²) in [6.07, 6.45) is 5.41. The predicted octanol–water partition coefficient (Wildman–Crippen LogP) is 4.64. The summed E-state index contributed by atoms with van der Waals surface area (Å²) < 4.78 is 1.12. The Morgan fingerprint density at radius 2 is 2.21 bits per heavy atom. The fraction of sp³-hybridized carbons (Fsp3) is 0.312. The molecule has 1 N–H and O–H groups in total. The molecule has 0 amide bonds. The van der Waals surface area contributed by atoms with E-state index in [2.05, 4.69) is 57.4 Å². The van der Waals surface area contributed by atoms with E-state index in [0.29, 0.717) is 6.04 Å². The van der Waals surface area contributed by atoms with Gasteiger partial charge in [0.25, 0.3) is 0 Å². The first-order valence-corrected chi connectivity index (χ1v) is 7.50. The van der Waals surface area contributed by atoms with Crippen LogP contribution in [0.2, 0.25) is 0 Å². The van der Waals surface area contributed by atoms with Crippen molar-refractivity contribution in [1.29, 1.82) is 0 Å². The van der Waals surface area contributed by atoms with Crippen molar-refractivity contribution in [2.45, 2.75) is 32.2 Å². The highest BCUT2D eigenvalue weighted by Gasteiger charge is 2.21. The molecule has 1 unspecified atom stereocenters. The molecule has 1 heterocycles. The molecule has 98 valence electrons. The maximum Gasteiger partial charge on any atom is 0.0688 e. The summed E-state index contributed by atoms with van der Waals surface area (Å²) >= 11 is 3.63. The monoisotopic (exact) mass is 316 g/mol. The fourth-order valence-electron chi connectivity index (χ4n) is 2.67. The molecule has 0 bridgehead atoms. The van der Waals surface area contributed by atoms with E-state index in [1.165, 1.54) is 23.2 Å². The summed E-state index contributed by atoms with van der Waals surface area (Å²) in [7, 11) is 0. The molecular weight excluding hydrogens is 300 g/mol. The van der Waals surface area contributed by atoms with Crippen LogP contribution in [0, 0.1) is 6.92 Å².